The molecule has 1 unspecified atom stereocenters. The van der Waals surface area contributed by atoms with E-state index < -0.39 is 0 Å². The minimum absolute atomic E-state index is 0.182. The molecule has 1 aliphatic rings. The van der Waals surface area contributed by atoms with Crippen LogP contribution in [0.2, 0.25) is 5.02 Å². The predicted octanol–water partition coefficient (Wildman–Crippen LogP) is 5.31. The standard InChI is InChI=1S/C22H25ClN2O3/c1-14(2)28-22(26)25-11-10-16(19-13-17(23)6-9-20(19)24)12-21(25)15-4-7-18(27-3)8-5-15/h4-9,12-14,21H,10-11,24H2,1-3H3. The summed E-state index contributed by atoms with van der Waals surface area (Å²) >= 11 is 6.18. The second-order valence-corrected chi connectivity index (χ2v) is 7.45. The van der Waals surface area contributed by atoms with Crippen molar-refractivity contribution in [2.24, 2.45) is 0 Å². The highest BCUT2D eigenvalue weighted by Gasteiger charge is 2.30. The first kappa shape index (κ1) is 20.1. The number of amides is 1. The van der Waals surface area contributed by atoms with Gasteiger partial charge in [-0.25, -0.2) is 4.79 Å². The number of nitrogens with two attached hydrogens (primary N) is 1. The van der Waals surface area contributed by atoms with Gasteiger partial charge in [-0.05, 0) is 61.7 Å². The van der Waals surface area contributed by atoms with E-state index in [1.54, 1.807) is 24.1 Å². The third kappa shape index (κ3) is 4.42. The molecule has 0 fully saturated rings. The fourth-order valence-corrected chi connectivity index (χ4v) is 3.50. The van der Waals surface area contributed by atoms with E-state index in [0.717, 1.165) is 22.4 Å². The van der Waals surface area contributed by atoms with Crippen molar-refractivity contribution in [1.29, 1.82) is 0 Å². The Bertz CT molecular complexity index is 878. The molecule has 2 aromatic carbocycles. The maximum atomic E-state index is 12.7. The van der Waals surface area contributed by atoms with Gasteiger partial charge in [0, 0.05) is 22.8 Å². The summed E-state index contributed by atoms with van der Waals surface area (Å²) in [7, 11) is 1.63. The molecular formula is C22H25ClN2O3. The highest BCUT2D eigenvalue weighted by atomic mass is 35.5. The molecule has 1 amide bonds. The maximum Gasteiger partial charge on any atom is 0.410 e. The van der Waals surface area contributed by atoms with Gasteiger partial charge in [0.1, 0.15) is 5.75 Å². The second kappa shape index (κ2) is 8.57. The number of carbonyl (C=O) groups is 1. The molecule has 1 heterocycles. The van der Waals surface area contributed by atoms with Crippen molar-refractivity contribution in [3.8, 4) is 5.75 Å². The van der Waals surface area contributed by atoms with Crippen LogP contribution in [0, 0.1) is 0 Å². The third-order valence-electron chi connectivity index (χ3n) is 4.71. The molecule has 148 valence electrons. The maximum absolute atomic E-state index is 12.7. The highest BCUT2D eigenvalue weighted by Crippen LogP contribution is 2.37. The number of carbonyl (C=O) groups excluding carboxylic acids is 1. The van der Waals surface area contributed by atoms with E-state index in [-0.39, 0.29) is 18.2 Å². The lowest BCUT2D eigenvalue weighted by molar-refractivity contribution is 0.0684. The average Bonchev–Trinajstić information content (AvgIpc) is 2.69. The topological polar surface area (TPSA) is 64.8 Å². The van der Waals surface area contributed by atoms with Crippen LogP contribution in [-0.2, 0) is 4.74 Å². The lowest BCUT2D eigenvalue weighted by Gasteiger charge is -2.35. The van der Waals surface area contributed by atoms with Crippen LogP contribution < -0.4 is 10.5 Å². The van der Waals surface area contributed by atoms with E-state index in [4.69, 9.17) is 26.8 Å². The van der Waals surface area contributed by atoms with Gasteiger partial charge in [0.05, 0.1) is 19.3 Å². The summed E-state index contributed by atoms with van der Waals surface area (Å²) in [5.41, 5.74) is 9.79. The van der Waals surface area contributed by atoms with Gasteiger partial charge in [-0.3, -0.25) is 4.90 Å². The molecule has 2 N–H and O–H groups in total. The van der Waals surface area contributed by atoms with Gasteiger partial charge in [0.15, 0.2) is 0 Å². The Morgan fingerprint density at radius 2 is 1.93 bits per heavy atom. The number of nitrogen functional groups attached to an aromatic ring is 1. The van der Waals surface area contributed by atoms with E-state index in [1.807, 2.05) is 44.2 Å². The molecule has 1 aliphatic heterocycles. The van der Waals surface area contributed by atoms with Crippen LogP contribution in [0.3, 0.4) is 0 Å². The molecule has 0 aromatic heterocycles. The molecule has 0 spiro atoms. The molecule has 5 nitrogen and oxygen atoms in total. The summed E-state index contributed by atoms with van der Waals surface area (Å²) in [5.74, 6) is 0.763. The van der Waals surface area contributed by atoms with E-state index in [0.29, 0.717) is 23.7 Å². The molecule has 0 aliphatic carbocycles. The quantitative estimate of drug-likeness (QED) is 0.706. The summed E-state index contributed by atoms with van der Waals surface area (Å²) in [6.45, 7) is 4.22. The van der Waals surface area contributed by atoms with Crippen LogP contribution in [0.15, 0.2) is 48.5 Å². The molecule has 3 rings (SSSR count). The molecule has 0 saturated heterocycles. The molecule has 2 aromatic rings. The molecule has 0 saturated carbocycles. The first-order chi connectivity index (χ1) is 13.4. The molecule has 6 heteroatoms. The van der Waals surface area contributed by atoms with Crippen LogP contribution in [0.25, 0.3) is 5.57 Å². The Kier molecular flexibility index (Phi) is 6.15. The van der Waals surface area contributed by atoms with Crippen LogP contribution in [0.4, 0.5) is 10.5 Å². The van der Waals surface area contributed by atoms with Crippen LogP contribution in [-0.4, -0.2) is 30.8 Å². The first-order valence-corrected chi connectivity index (χ1v) is 9.64. The summed E-state index contributed by atoms with van der Waals surface area (Å²) in [4.78, 5) is 14.4. The number of ether oxygens (including phenoxy) is 2. The van der Waals surface area contributed by atoms with E-state index in [9.17, 15) is 4.79 Å². The van der Waals surface area contributed by atoms with Gasteiger partial charge >= 0.3 is 6.09 Å². The highest BCUT2D eigenvalue weighted by molar-refractivity contribution is 6.30. The van der Waals surface area contributed by atoms with Crippen molar-refractivity contribution in [2.75, 3.05) is 19.4 Å². The van der Waals surface area contributed by atoms with E-state index in [2.05, 4.69) is 6.08 Å². The predicted molar refractivity (Wildman–Crippen MR) is 113 cm³/mol. The van der Waals surface area contributed by atoms with E-state index in [1.165, 1.54) is 0 Å². The van der Waals surface area contributed by atoms with Crippen molar-refractivity contribution in [3.63, 3.8) is 0 Å². The summed E-state index contributed by atoms with van der Waals surface area (Å²) < 4.78 is 10.7. The van der Waals surface area contributed by atoms with Crippen molar-refractivity contribution in [1.82, 2.24) is 4.90 Å². The smallest absolute Gasteiger partial charge is 0.410 e. The number of anilines is 1. The Morgan fingerprint density at radius 1 is 1.21 bits per heavy atom. The fraction of sp³-hybridized carbons (Fsp3) is 0.318. The van der Waals surface area contributed by atoms with Gasteiger partial charge in [-0.2, -0.15) is 0 Å². The van der Waals surface area contributed by atoms with Crippen molar-refractivity contribution in [2.45, 2.75) is 32.4 Å². The summed E-state index contributed by atoms with van der Waals surface area (Å²) in [6.07, 6.45) is 2.22. The number of benzene rings is 2. The van der Waals surface area contributed by atoms with Gasteiger partial charge < -0.3 is 15.2 Å². The lowest BCUT2D eigenvalue weighted by Crippen LogP contribution is -2.38. The minimum Gasteiger partial charge on any atom is -0.497 e. The number of rotatable bonds is 4. The lowest BCUT2D eigenvalue weighted by atomic mass is 9.91. The molecular weight excluding hydrogens is 376 g/mol. The fourth-order valence-electron chi connectivity index (χ4n) is 3.33. The Morgan fingerprint density at radius 3 is 2.57 bits per heavy atom. The monoisotopic (exact) mass is 400 g/mol. The minimum atomic E-state index is -0.329. The molecule has 0 radical (unpaired) electrons. The van der Waals surface area contributed by atoms with Crippen LogP contribution in [0.1, 0.15) is 37.4 Å². The number of halogens is 1. The summed E-state index contributed by atoms with van der Waals surface area (Å²) in [6, 6.07) is 12.9. The van der Waals surface area contributed by atoms with Gasteiger partial charge in [0.2, 0.25) is 0 Å². The Hall–Kier alpha value is -2.66. The zero-order valence-corrected chi connectivity index (χ0v) is 17.1. The Labute approximate surface area is 170 Å². The SMILES string of the molecule is COc1ccc(C2C=C(c3cc(Cl)ccc3N)CCN2C(=O)OC(C)C)cc1. The second-order valence-electron chi connectivity index (χ2n) is 7.02. The van der Waals surface area contributed by atoms with Gasteiger partial charge in [0.25, 0.3) is 0 Å². The van der Waals surface area contributed by atoms with Crippen LogP contribution in [0.5, 0.6) is 5.75 Å². The normalized spacial score (nSPS) is 16.7. The number of hydrogen-bond acceptors (Lipinski definition) is 4. The first-order valence-electron chi connectivity index (χ1n) is 9.26. The number of methoxy groups -OCH3 is 1. The third-order valence-corrected chi connectivity index (χ3v) is 4.94. The van der Waals surface area contributed by atoms with Gasteiger partial charge in [-0.1, -0.05) is 29.8 Å². The number of hydrogen-bond donors (Lipinski definition) is 1. The largest absolute Gasteiger partial charge is 0.497 e. The van der Waals surface area contributed by atoms with Crippen molar-refractivity contribution in [3.05, 3.63) is 64.7 Å². The molecule has 1 atom stereocenters. The Balaban J connectivity index is 2.01. The average molecular weight is 401 g/mol. The van der Waals surface area contributed by atoms with E-state index >= 15 is 0 Å². The zero-order valence-electron chi connectivity index (χ0n) is 16.3. The van der Waals surface area contributed by atoms with Crippen molar-refractivity contribution >= 4 is 29.0 Å². The molecule has 0 bridgehead atoms. The number of nitrogens with zero attached hydrogens (tertiary/aromatic N) is 1. The summed E-state index contributed by atoms with van der Waals surface area (Å²) in [5, 5.41) is 0.632. The van der Waals surface area contributed by atoms with Gasteiger partial charge in [-0.15, -0.1) is 0 Å². The molecule has 28 heavy (non-hydrogen) atoms. The van der Waals surface area contributed by atoms with Crippen LogP contribution >= 0.6 is 11.6 Å². The van der Waals surface area contributed by atoms with Crippen molar-refractivity contribution < 1.29 is 14.3 Å². The zero-order chi connectivity index (χ0) is 20.3.